The van der Waals surface area contributed by atoms with Crippen LogP contribution in [0.2, 0.25) is 5.02 Å². The van der Waals surface area contributed by atoms with Gasteiger partial charge in [0.05, 0.1) is 31.3 Å². The van der Waals surface area contributed by atoms with E-state index in [4.69, 9.17) is 79.9 Å². The minimum atomic E-state index is -0.306. The van der Waals surface area contributed by atoms with Crippen molar-refractivity contribution in [3.8, 4) is 28.7 Å². The van der Waals surface area contributed by atoms with Gasteiger partial charge in [0.2, 0.25) is 23.6 Å². The van der Waals surface area contributed by atoms with E-state index in [0.29, 0.717) is 128 Å². The second-order valence-electron chi connectivity index (χ2n) is 26.8. The molecule has 26 heteroatoms. The zero-order valence-corrected chi connectivity index (χ0v) is 61.2. The van der Waals surface area contributed by atoms with Gasteiger partial charge >= 0.3 is 0 Å². The van der Waals surface area contributed by atoms with Gasteiger partial charge in [0.1, 0.15) is 76.5 Å². The molecule has 7 aromatic carbocycles. The van der Waals surface area contributed by atoms with Crippen LogP contribution >= 0.6 is 11.6 Å². The van der Waals surface area contributed by atoms with E-state index in [1.807, 2.05) is 98.8 Å². The van der Waals surface area contributed by atoms with Crippen LogP contribution < -0.4 is 78.5 Å². The van der Waals surface area contributed by atoms with Crippen molar-refractivity contribution in [3.63, 3.8) is 0 Å². The van der Waals surface area contributed by atoms with Gasteiger partial charge in [-0.15, -0.1) is 0 Å². The van der Waals surface area contributed by atoms with E-state index in [0.717, 1.165) is 48.4 Å². The number of nitrogen functional groups attached to an aromatic ring is 4. The monoisotopic (exact) mass is 1460 g/mol. The number of hydrogen-bond donors (Lipinski definition) is 14. The van der Waals surface area contributed by atoms with Crippen molar-refractivity contribution in [2.75, 3.05) is 51.7 Å². The quantitative estimate of drug-likeness (QED) is 0.0178. The third kappa shape index (κ3) is 24.5. The van der Waals surface area contributed by atoms with E-state index < -0.39 is 0 Å². The number of carbonyl (C=O) groups excluding carboxylic acids is 4. The standard InChI is InChI=1S/C27H30N4O3.C20H23ClN4O2.C18H26N4O2.C15H22N4O2/c1-33-22-12-10-19(11-13-22)16-30-27(32)25-15-24(18-31(25)17-20-6-3-2-4-7-20)34-23-9-5-8-21(14-23)26(28)29;1-2-25-12-17(27-16-5-3-4-13(10-16)19(22)23)11-18(25)20(26)24-15-8-6-14(21)7-9-15;19-17(20)12-5-4-8-14(9-12)24-15-10-16(21-11-15)18(23)22-13-6-2-1-3-7-13;1-2-6-18-15(20)13-8-12(9-19-13)21-11-5-3-4-10(7-11)14(16)17/h2-14,24-25H,15-18H2,1H3,(H3,28,29)(H,30,32);3-10,17-18H,2,11-12H2,1H3,(H3,22,23)(H,24,26);4-5,8-9,13,15-16,21H,1-3,6-7,10-11H2,(H3,19,20)(H,22,23);3-5,7,12-13,19H,2,6,8-9H2,1H3,(H3,16,17)(H,18,20)/t24-,25+;17-,18+;15-,16+;12-,13+/m1111/s1. The van der Waals surface area contributed by atoms with Crippen molar-refractivity contribution in [2.45, 2.75) is 146 Å². The van der Waals surface area contributed by atoms with Crippen molar-refractivity contribution >= 4 is 64.3 Å². The number of rotatable bonds is 26. The molecule has 0 aromatic heterocycles. The summed E-state index contributed by atoms with van der Waals surface area (Å²) in [5.74, 6) is 3.53. The number of hydrogen-bond acceptors (Lipinski definition) is 17. The zero-order chi connectivity index (χ0) is 75.5. The lowest BCUT2D eigenvalue weighted by molar-refractivity contribution is -0.126. The van der Waals surface area contributed by atoms with E-state index in [9.17, 15) is 19.2 Å². The molecule has 0 unspecified atom stereocenters. The van der Waals surface area contributed by atoms with Crippen molar-refractivity contribution in [1.82, 2.24) is 36.4 Å². The van der Waals surface area contributed by atoms with Gasteiger partial charge in [-0.2, -0.15) is 0 Å². The first-order valence-electron chi connectivity index (χ1n) is 36.2. The van der Waals surface area contributed by atoms with Crippen LogP contribution in [0.3, 0.4) is 0 Å². The van der Waals surface area contributed by atoms with Gasteiger partial charge in [-0.1, -0.05) is 136 Å². The van der Waals surface area contributed by atoms with Gasteiger partial charge in [-0.3, -0.25) is 50.6 Å². The summed E-state index contributed by atoms with van der Waals surface area (Å²) < 4.78 is 29.3. The molecule has 4 saturated heterocycles. The number of amides is 4. The first-order valence-corrected chi connectivity index (χ1v) is 36.6. The van der Waals surface area contributed by atoms with Crippen molar-refractivity contribution in [2.24, 2.45) is 22.9 Å². The Morgan fingerprint density at radius 3 is 1.42 bits per heavy atom. The topological polar surface area (TPSA) is 393 Å². The van der Waals surface area contributed by atoms with Gasteiger partial charge in [0.15, 0.2) is 0 Å². The summed E-state index contributed by atoms with van der Waals surface area (Å²) in [6.45, 7) is 9.19. The average molecular weight is 1470 g/mol. The number of likely N-dealkylation sites (tertiary alicyclic amines) is 2. The van der Waals surface area contributed by atoms with Crippen LogP contribution in [0.5, 0.6) is 28.7 Å². The summed E-state index contributed by atoms with van der Waals surface area (Å²) in [4.78, 5) is 54.5. The number of nitrogens with one attached hydrogen (secondary N) is 10. The maximum absolute atomic E-state index is 13.2. The van der Waals surface area contributed by atoms with Crippen LogP contribution in [0.1, 0.15) is 111 Å². The molecular formula is C80H101ClN16O9. The second kappa shape index (κ2) is 40.1. The molecule has 5 fully saturated rings. The Morgan fingerprint density at radius 2 is 0.953 bits per heavy atom. The number of carbonyl (C=O) groups is 4. The molecule has 1 aliphatic carbocycles. The minimum Gasteiger partial charge on any atom is -0.497 e. The molecule has 106 heavy (non-hydrogen) atoms. The summed E-state index contributed by atoms with van der Waals surface area (Å²) >= 11 is 5.89. The Kier molecular flexibility index (Phi) is 30.1. The number of nitrogens with two attached hydrogens (primary N) is 4. The molecule has 7 aromatic rings. The molecule has 4 amide bonds. The van der Waals surface area contributed by atoms with E-state index in [-0.39, 0.29) is 95.6 Å². The summed E-state index contributed by atoms with van der Waals surface area (Å²) in [7, 11) is 1.63. The van der Waals surface area contributed by atoms with Crippen LogP contribution in [-0.4, -0.2) is 158 Å². The van der Waals surface area contributed by atoms with E-state index >= 15 is 0 Å². The number of amidine groups is 4. The lowest BCUT2D eigenvalue weighted by Gasteiger charge is -2.24. The van der Waals surface area contributed by atoms with Crippen molar-refractivity contribution in [3.05, 3.63) is 214 Å². The molecule has 4 aliphatic heterocycles. The van der Waals surface area contributed by atoms with Crippen LogP contribution in [-0.2, 0) is 32.3 Å². The fraction of sp³-hybridized carbons (Fsp3) is 0.375. The Bertz CT molecular complexity index is 4070. The number of benzene rings is 7. The molecule has 25 nitrogen and oxygen atoms in total. The van der Waals surface area contributed by atoms with Crippen LogP contribution in [0.4, 0.5) is 5.69 Å². The zero-order valence-electron chi connectivity index (χ0n) is 60.4. The minimum absolute atomic E-state index is 0.00152. The van der Waals surface area contributed by atoms with Gasteiger partial charge in [-0.25, -0.2) is 0 Å². The summed E-state index contributed by atoms with van der Waals surface area (Å²) in [5.41, 5.74) is 27.5. The number of methoxy groups -OCH3 is 1. The number of anilines is 1. The number of halogens is 1. The Balaban J connectivity index is 0.000000166. The van der Waals surface area contributed by atoms with Crippen molar-refractivity contribution < 1.29 is 42.9 Å². The third-order valence-corrected chi connectivity index (χ3v) is 19.1. The first-order chi connectivity index (χ1) is 51.2. The fourth-order valence-corrected chi connectivity index (χ4v) is 13.3. The highest BCUT2D eigenvalue weighted by Gasteiger charge is 2.40. The molecule has 12 rings (SSSR count). The molecule has 562 valence electrons. The predicted molar refractivity (Wildman–Crippen MR) is 414 cm³/mol. The van der Waals surface area contributed by atoms with Gasteiger partial charge < -0.3 is 78.5 Å². The largest absolute Gasteiger partial charge is 0.497 e. The Hall–Kier alpha value is -10.6. The second-order valence-corrected chi connectivity index (χ2v) is 27.3. The summed E-state index contributed by atoms with van der Waals surface area (Å²) in [5, 5.41) is 49.2. The Morgan fingerprint density at radius 1 is 0.491 bits per heavy atom. The van der Waals surface area contributed by atoms with Gasteiger partial charge in [0.25, 0.3) is 0 Å². The molecule has 1 saturated carbocycles. The highest BCUT2D eigenvalue weighted by Crippen LogP contribution is 2.29. The smallest absolute Gasteiger partial charge is 0.241 e. The van der Waals surface area contributed by atoms with Crippen LogP contribution in [0, 0.1) is 21.6 Å². The maximum Gasteiger partial charge on any atom is 0.241 e. The number of nitrogens with zero attached hydrogens (tertiary/aromatic N) is 2. The molecular weight excluding hydrogens is 1360 g/mol. The number of ether oxygens (including phenoxy) is 5. The van der Waals surface area contributed by atoms with Gasteiger partial charge in [0, 0.05) is 111 Å². The fourth-order valence-electron chi connectivity index (χ4n) is 13.2. The summed E-state index contributed by atoms with van der Waals surface area (Å²) in [6, 6.07) is 53.0. The van der Waals surface area contributed by atoms with Crippen molar-refractivity contribution in [1.29, 1.82) is 21.6 Å². The molecule has 0 radical (unpaired) electrons. The molecule has 0 bridgehead atoms. The van der Waals surface area contributed by atoms with E-state index in [1.54, 1.807) is 86.0 Å². The van der Waals surface area contributed by atoms with E-state index in [2.05, 4.69) is 53.8 Å². The lowest BCUT2D eigenvalue weighted by Crippen LogP contribution is -2.45. The van der Waals surface area contributed by atoms with Crippen LogP contribution in [0.15, 0.2) is 176 Å². The average Bonchev–Trinajstić information content (AvgIpc) is 1.70. The molecule has 4 heterocycles. The SMILES string of the molecule is CCCNC(=O)[C@@H]1C[C@@H](Oc2cccc(C(=N)N)c2)CN1.CCN1C[C@H](Oc2cccc(C(=N)N)c2)C[C@H]1C(=O)Nc1ccc(Cl)cc1.COc1ccc(CNC(=O)[C@@H]2C[C@@H](Oc3cccc(C(=N)N)c3)CN2Cc2ccccc2)cc1.N=C(N)c1cccc(O[C@H]2CN[C@H](C(=O)NC3CCCCC3)C2)c1. The van der Waals surface area contributed by atoms with Crippen LogP contribution in [0.25, 0.3) is 0 Å². The third-order valence-electron chi connectivity index (χ3n) is 18.8. The molecule has 8 atom stereocenters. The highest BCUT2D eigenvalue weighted by atomic mass is 35.5. The Labute approximate surface area is 625 Å². The van der Waals surface area contributed by atoms with Gasteiger partial charge in [-0.05, 0) is 122 Å². The molecule has 5 aliphatic rings. The predicted octanol–water partition coefficient (Wildman–Crippen LogP) is 8.56. The normalized spacial score (nSPS) is 20.4. The lowest BCUT2D eigenvalue weighted by atomic mass is 9.95. The number of likely N-dealkylation sites (N-methyl/N-ethyl adjacent to an activating group) is 1. The first kappa shape index (κ1) is 79.5. The summed E-state index contributed by atoms with van der Waals surface area (Å²) in [6.07, 6.45) is 8.93. The van der Waals surface area contributed by atoms with E-state index in [1.165, 1.54) is 19.3 Å². The maximum atomic E-state index is 13.2. The molecule has 0 spiro atoms. The highest BCUT2D eigenvalue weighted by molar-refractivity contribution is 6.30. The molecule has 18 N–H and O–H groups in total.